The molecule has 0 saturated heterocycles. The molecule has 0 atom stereocenters. The normalized spacial score (nSPS) is 12.6. The smallest absolute Gasteiger partial charge is 0.431 e. The van der Waals surface area contributed by atoms with Crippen LogP contribution in [0.25, 0.3) is 5.57 Å². The molecule has 1 rings (SSSR count). The lowest BCUT2D eigenvalue weighted by atomic mass is 9.97. The Morgan fingerprint density at radius 2 is 1.43 bits per heavy atom. The first kappa shape index (κ1) is 25.9. The van der Waals surface area contributed by atoms with E-state index >= 15 is 0 Å². The first-order chi connectivity index (χ1) is 12.7. The highest BCUT2D eigenvalue weighted by molar-refractivity contribution is 6.80. The Balaban J connectivity index is 2.79. The molecular formula is C19H35O4Si5. The molecule has 0 aliphatic carbocycles. The van der Waals surface area contributed by atoms with E-state index in [1.807, 2.05) is 0 Å². The molecule has 0 unspecified atom stereocenters. The number of benzene rings is 1. The molecule has 9 heteroatoms. The first-order valence-corrected chi connectivity index (χ1v) is 19.3. The van der Waals surface area contributed by atoms with E-state index in [0.717, 1.165) is 0 Å². The second-order valence-corrected chi connectivity index (χ2v) is 22.2. The van der Waals surface area contributed by atoms with Gasteiger partial charge in [-0.3, -0.25) is 0 Å². The Labute approximate surface area is 181 Å². The second-order valence-electron chi connectivity index (χ2n) is 9.12. The predicted octanol–water partition coefficient (Wildman–Crippen LogP) is 4.62. The van der Waals surface area contributed by atoms with Gasteiger partial charge in [0.25, 0.3) is 9.76 Å². The highest BCUT2D eigenvalue weighted by atomic mass is 28.5. The zero-order valence-corrected chi connectivity index (χ0v) is 24.3. The minimum absolute atomic E-state index is 0.0708. The third kappa shape index (κ3) is 9.14. The van der Waals surface area contributed by atoms with Crippen LogP contribution in [0.15, 0.2) is 17.7 Å². The van der Waals surface area contributed by atoms with Gasteiger partial charge in [-0.15, -0.1) is 0 Å². The van der Waals surface area contributed by atoms with Crippen molar-refractivity contribution in [1.82, 2.24) is 0 Å². The lowest BCUT2D eigenvalue weighted by Crippen LogP contribution is -2.46. The maximum atomic E-state index is 6.15. The van der Waals surface area contributed by atoms with E-state index in [1.54, 1.807) is 0 Å². The molecule has 0 heterocycles. The van der Waals surface area contributed by atoms with Gasteiger partial charge >= 0.3 is 19.5 Å². The lowest BCUT2D eigenvalue weighted by molar-refractivity contribution is 0.292. The number of hydrogen-bond acceptors (Lipinski definition) is 4. The summed E-state index contributed by atoms with van der Waals surface area (Å²) in [5.74, 6) is 0. The zero-order valence-electron chi connectivity index (χ0n) is 19.3. The third-order valence-corrected chi connectivity index (χ3v) is 12.9. The molecule has 0 saturated carbocycles. The summed E-state index contributed by atoms with van der Waals surface area (Å²) in [6.07, 6.45) is 0. The maximum Gasteiger partial charge on any atom is 0.545 e. The molecule has 4 nitrogen and oxygen atoms in total. The fourth-order valence-electron chi connectivity index (χ4n) is 2.37. The average molecular weight is 468 g/mol. The summed E-state index contributed by atoms with van der Waals surface area (Å²) in [4.78, 5) is 0. The van der Waals surface area contributed by atoms with Crippen molar-refractivity contribution in [2.24, 2.45) is 0 Å². The number of allylic oxidation sites excluding steroid dienone is 2. The maximum absolute atomic E-state index is 6.15. The van der Waals surface area contributed by atoms with Gasteiger partial charge in [-0.1, -0.05) is 17.7 Å². The molecule has 0 bridgehead atoms. The predicted molar refractivity (Wildman–Crippen MR) is 128 cm³/mol. The summed E-state index contributed by atoms with van der Waals surface area (Å²) in [5, 5.41) is 1.26. The van der Waals surface area contributed by atoms with E-state index in [1.165, 1.54) is 33.0 Å². The van der Waals surface area contributed by atoms with E-state index in [-0.39, 0.29) is 19.8 Å². The van der Waals surface area contributed by atoms with Crippen molar-refractivity contribution in [2.75, 3.05) is 0 Å². The van der Waals surface area contributed by atoms with Crippen LogP contribution in [0.4, 0.5) is 0 Å². The summed E-state index contributed by atoms with van der Waals surface area (Å²) in [7, 11) is -5.03. The highest BCUT2D eigenvalue weighted by Crippen LogP contribution is 2.21. The highest BCUT2D eigenvalue weighted by Gasteiger charge is 2.32. The van der Waals surface area contributed by atoms with Gasteiger partial charge in [0.05, 0.1) is 0 Å². The van der Waals surface area contributed by atoms with Crippen LogP contribution in [-0.2, 0) is 16.5 Å². The molecule has 0 N–H and O–H groups in total. The molecule has 0 amide bonds. The Bertz CT molecular complexity index is 673. The van der Waals surface area contributed by atoms with Crippen LogP contribution in [0.3, 0.4) is 0 Å². The van der Waals surface area contributed by atoms with E-state index in [4.69, 9.17) is 16.5 Å². The van der Waals surface area contributed by atoms with Gasteiger partial charge in [0.1, 0.15) is 0 Å². The summed E-state index contributed by atoms with van der Waals surface area (Å²) < 4.78 is 24.2. The Morgan fingerprint density at radius 3 is 1.89 bits per heavy atom. The van der Waals surface area contributed by atoms with E-state index in [0.29, 0.717) is 0 Å². The minimum Gasteiger partial charge on any atom is -0.431 e. The molecule has 0 spiro atoms. The monoisotopic (exact) mass is 467 g/mol. The molecule has 155 valence electrons. The van der Waals surface area contributed by atoms with Crippen molar-refractivity contribution in [3.63, 3.8) is 0 Å². The summed E-state index contributed by atoms with van der Waals surface area (Å²) >= 11 is 0. The molecular weight excluding hydrogens is 433 g/mol. The Hall–Kier alpha value is -0.116. The van der Waals surface area contributed by atoms with Crippen LogP contribution >= 0.6 is 0 Å². The van der Waals surface area contributed by atoms with Crippen LogP contribution in [0.5, 0.6) is 0 Å². The average Bonchev–Trinajstić information content (AvgIpc) is 2.50. The summed E-state index contributed by atoms with van der Waals surface area (Å²) in [6, 6.07) is 4.40. The molecule has 0 aliphatic heterocycles. The quantitative estimate of drug-likeness (QED) is 0.372. The van der Waals surface area contributed by atoms with Crippen molar-refractivity contribution in [3.8, 4) is 0 Å². The van der Waals surface area contributed by atoms with Crippen LogP contribution < -0.4 is 5.19 Å². The fourth-order valence-corrected chi connectivity index (χ4v) is 9.91. The largest absolute Gasteiger partial charge is 0.545 e. The van der Waals surface area contributed by atoms with Crippen LogP contribution in [-0.4, -0.2) is 45.9 Å². The van der Waals surface area contributed by atoms with E-state index < -0.39 is 26.2 Å². The summed E-state index contributed by atoms with van der Waals surface area (Å²) in [6.45, 7) is 23.8. The van der Waals surface area contributed by atoms with Crippen molar-refractivity contribution in [3.05, 3.63) is 34.4 Å². The fraction of sp³-hybridized carbons (Fsp3) is 0.579. The first-order valence-electron chi connectivity index (χ1n) is 9.54. The standard InChI is InChI=1S/C19H35O4Si5/c1-14(2)16(4)18-13-12-15(3)19(17(18)5)24-20-25-21-26(22-27(6,7)8)23-28(9,10)11/h12-13H,1-11H3. The minimum atomic E-state index is -1.76. The van der Waals surface area contributed by atoms with Gasteiger partial charge in [-0.05, 0) is 101 Å². The van der Waals surface area contributed by atoms with Gasteiger partial charge < -0.3 is 16.5 Å². The molecule has 1 aromatic rings. The van der Waals surface area contributed by atoms with Crippen molar-refractivity contribution >= 4 is 56.7 Å². The van der Waals surface area contributed by atoms with Crippen molar-refractivity contribution in [2.45, 2.75) is 73.9 Å². The van der Waals surface area contributed by atoms with E-state index in [2.05, 4.69) is 86.0 Å². The molecule has 0 aliphatic rings. The lowest BCUT2D eigenvalue weighted by Gasteiger charge is -2.28. The van der Waals surface area contributed by atoms with Gasteiger partial charge in [0.15, 0.2) is 16.6 Å². The molecule has 1 aromatic carbocycles. The summed E-state index contributed by atoms with van der Waals surface area (Å²) in [5.41, 5.74) is 6.53. The van der Waals surface area contributed by atoms with Crippen LogP contribution in [0.1, 0.15) is 37.5 Å². The zero-order chi connectivity index (χ0) is 21.7. The van der Waals surface area contributed by atoms with Gasteiger partial charge in [0.2, 0.25) is 0 Å². The molecule has 0 aromatic heterocycles. The van der Waals surface area contributed by atoms with Gasteiger partial charge in [-0.2, -0.15) is 0 Å². The number of rotatable bonds is 10. The van der Waals surface area contributed by atoms with Crippen molar-refractivity contribution in [1.29, 1.82) is 0 Å². The Kier molecular flexibility index (Phi) is 9.98. The topological polar surface area (TPSA) is 36.9 Å². The molecule has 28 heavy (non-hydrogen) atoms. The van der Waals surface area contributed by atoms with Crippen LogP contribution in [0.2, 0.25) is 39.3 Å². The second kappa shape index (κ2) is 10.8. The Morgan fingerprint density at radius 1 is 0.893 bits per heavy atom. The third-order valence-electron chi connectivity index (χ3n) is 3.93. The van der Waals surface area contributed by atoms with Gasteiger partial charge in [-0.25, -0.2) is 0 Å². The van der Waals surface area contributed by atoms with Crippen LogP contribution in [0, 0.1) is 13.8 Å². The molecule has 0 fully saturated rings. The van der Waals surface area contributed by atoms with E-state index in [9.17, 15) is 0 Å². The number of hydrogen-bond donors (Lipinski definition) is 0. The number of aryl methyl sites for hydroxylation is 1. The van der Waals surface area contributed by atoms with Crippen molar-refractivity contribution < 1.29 is 16.5 Å². The SMILES string of the molecule is CC(C)=C(C)c1ccc(C)c([Si]O[Si]O[Si](O[Si](C)(C)C)O[Si](C)(C)C)c1C. The molecule has 5 radical (unpaired) electrons. The van der Waals surface area contributed by atoms with Gasteiger partial charge in [0, 0.05) is 0 Å².